The van der Waals surface area contributed by atoms with E-state index in [-0.39, 0.29) is 5.56 Å². The molecule has 112 valence electrons. The van der Waals surface area contributed by atoms with Crippen molar-refractivity contribution in [1.29, 1.82) is 0 Å². The average molecular weight is 294 g/mol. The fourth-order valence-electron chi connectivity index (χ4n) is 2.18. The lowest BCUT2D eigenvalue weighted by molar-refractivity contribution is 0.0978. The van der Waals surface area contributed by atoms with Crippen molar-refractivity contribution in [3.05, 3.63) is 59.2 Å². The molecule has 0 spiro atoms. The van der Waals surface area contributed by atoms with Crippen molar-refractivity contribution in [3.63, 3.8) is 0 Å². The molecule has 0 radical (unpaired) electrons. The van der Waals surface area contributed by atoms with Gasteiger partial charge in [0.15, 0.2) is 0 Å². The Morgan fingerprint density at radius 3 is 2.10 bits per heavy atom. The Balaban J connectivity index is 2.61. The van der Waals surface area contributed by atoms with Gasteiger partial charge < -0.3 is 14.6 Å². The minimum absolute atomic E-state index is 0.0894. The van der Waals surface area contributed by atoms with E-state index in [2.05, 4.69) is 0 Å². The molecule has 1 unspecified atom stereocenters. The van der Waals surface area contributed by atoms with Crippen molar-refractivity contribution in [3.8, 4) is 11.5 Å². The van der Waals surface area contributed by atoms with Gasteiger partial charge in [0.05, 0.1) is 14.2 Å². The summed E-state index contributed by atoms with van der Waals surface area (Å²) in [6.07, 6.45) is 0. The summed E-state index contributed by atoms with van der Waals surface area (Å²) in [6.45, 7) is 1.44. The van der Waals surface area contributed by atoms with E-state index in [1.54, 1.807) is 18.2 Å². The second-order valence-electron chi connectivity index (χ2n) is 4.80. The summed E-state index contributed by atoms with van der Waals surface area (Å²) in [5.74, 6) is -0.618. The van der Waals surface area contributed by atoms with E-state index in [9.17, 15) is 13.9 Å². The molecule has 0 aliphatic rings. The van der Waals surface area contributed by atoms with Crippen molar-refractivity contribution in [1.82, 2.24) is 0 Å². The van der Waals surface area contributed by atoms with Crippen molar-refractivity contribution >= 4 is 0 Å². The van der Waals surface area contributed by atoms with Crippen molar-refractivity contribution in [2.75, 3.05) is 14.2 Å². The number of aliphatic hydroxyl groups is 1. The Morgan fingerprint density at radius 1 is 0.952 bits per heavy atom. The predicted octanol–water partition coefficient (Wildman–Crippen LogP) is 3.24. The molecule has 1 N–H and O–H groups in total. The van der Waals surface area contributed by atoms with Gasteiger partial charge in [0.1, 0.15) is 28.7 Å². The first kappa shape index (κ1) is 15.3. The Hall–Kier alpha value is -2.14. The summed E-state index contributed by atoms with van der Waals surface area (Å²) in [5.41, 5.74) is -1.19. The van der Waals surface area contributed by atoms with Crippen LogP contribution in [0.15, 0.2) is 36.4 Å². The number of hydrogen-bond acceptors (Lipinski definition) is 3. The van der Waals surface area contributed by atoms with Crippen molar-refractivity contribution in [2.24, 2.45) is 0 Å². The zero-order chi connectivity index (χ0) is 15.6. The zero-order valence-electron chi connectivity index (χ0n) is 12.0. The van der Waals surface area contributed by atoms with Crippen LogP contribution in [0.1, 0.15) is 18.1 Å². The van der Waals surface area contributed by atoms with Crippen LogP contribution in [-0.4, -0.2) is 19.3 Å². The Morgan fingerprint density at radius 2 is 1.57 bits per heavy atom. The lowest BCUT2D eigenvalue weighted by atomic mass is 9.87. The lowest BCUT2D eigenvalue weighted by Gasteiger charge is -2.27. The van der Waals surface area contributed by atoms with Crippen LogP contribution in [0, 0.1) is 11.6 Å². The van der Waals surface area contributed by atoms with E-state index in [1.807, 2.05) is 0 Å². The molecule has 21 heavy (non-hydrogen) atoms. The highest BCUT2D eigenvalue weighted by molar-refractivity contribution is 5.48. The van der Waals surface area contributed by atoms with Gasteiger partial charge in [-0.15, -0.1) is 0 Å². The third-order valence-corrected chi connectivity index (χ3v) is 3.36. The Kier molecular flexibility index (Phi) is 4.14. The second-order valence-corrected chi connectivity index (χ2v) is 4.80. The average Bonchev–Trinajstić information content (AvgIpc) is 2.45. The normalized spacial score (nSPS) is 13.6. The van der Waals surface area contributed by atoms with Crippen LogP contribution in [0.25, 0.3) is 0 Å². The van der Waals surface area contributed by atoms with Crippen LogP contribution in [0.3, 0.4) is 0 Å². The van der Waals surface area contributed by atoms with E-state index in [0.717, 1.165) is 18.2 Å². The van der Waals surface area contributed by atoms with Crippen molar-refractivity contribution in [2.45, 2.75) is 12.5 Å². The fraction of sp³-hybridized carbons (Fsp3) is 0.250. The summed E-state index contributed by atoms with van der Waals surface area (Å²) in [4.78, 5) is 0. The molecule has 0 bridgehead atoms. The quantitative estimate of drug-likeness (QED) is 0.941. The number of benzene rings is 2. The first-order valence-corrected chi connectivity index (χ1v) is 6.30. The van der Waals surface area contributed by atoms with Gasteiger partial charge >= 0.3 is 0 Å². The summed E-state index contributed by atoms with van der Waals surface area (Å²) in [6, 6.07) is 7.79. The van der Waals surface area contributed by atoms with Gasteiger partial charge in [-0.2, -0.15) is 0 Å². The standard InChI is InChI=1S/C16H16F2O3/c1-16(19,10-6-11(17)8-12(18)7-10)14-9-13(20-2)4-5-15(14)21-3/h4-9,19H,1-3H3. The van der Waals surface area contributed by atoms with Crippen LogP contribution in [0.2, 0.25) is 0 Å². The summed E-state index contributed by atoms with van der Waals surface area (Å²) < 4.78 is 37.1. The molecule has 0 aliphatic carbocycles. The second kappa shape index (κ2) is 5.69. The molecule has 2 aromatic rings. The third kappa shape index (κ3) is 2.97. The van der Waals surface area contributed by atoms with Gasteiger partial charge in [-0.25, -0.2) is 8.78 Å². The fourth-order valence-corrected chi connectivity index (χ4v) is 2.18. The van der Waals surface area contributed by atoms with E-state index < -0.39 is 17.2 Å². The molecular formula is C16H16F2O3. The largest absolute Gasteiger partial charge is 0.497 e. The maximum absolute atomic E-state index is 13.4. The van der Waals surface area contributed by atoms with Crippen LogP contribution >= 0.6 is 0 Å². The first-order chi connectivity index (χ1) is 9.88. The molecule has 5 heteroatoms. The van der Waals surface area contributed by atoms with Gasteiger partial charge in [0.2, 0.25) is 0 Å². The summed E-state index contributed by atoms with van der Waals surface area (Å²) >= 11 is 0. The van der Waals surface area contributed by atoms with E-state index in [0.29, 0.717) is 17.1 Å². The highest BCUT2D eigenvalue weighted by Gasteiger charge is 2.30. The molecule has 0 fully saturated rings. The van der Waals surface area contributed by atoms with Gasteiger partial charge in [0, 0.05) is 11.6 Å². The van der Waals surface area contributed by atoms with Crippen LogP contribution < -0.4 is 9.47 Å². The number of rotatable bonds is 4. The molecule has 0 saturated heterocycles. The molecule has 2 rings (SSSR count). The monoisotopic (exact) mass is 294 g/mol. The number of ether oxygens (including phenoxy) is 2. The minimum Gasteiger partial charge on any atom is -0.497 e. The highest BCUT2D eigenvalue weighted by Crippen LogP contribution is 2.38. The molecule has 3 nitrogen and oxygen atoms in total. The molecule has 0 saturated carbocycles. The molecular weight excluding hydrogens is 278 g/mol. The van der Waals surface area contributed by atoms with Crippen LogP contribution in [0.5, 0.6) is 11.5 Å². The predicted molar refractivity (Wildman–Crippen MR) is 74.6 cm³/mol. The molecule has 0 aromatic heterocycles. The molecule has 0 heterocycles. The Bertz CT molecular complexity index is 634. The van der Waals surface area contributed by atoms with Crippen LogP contribution in [0.4, 0.5) is 8.78 Å². The maximum Gasteiger partial charge on any atom is 0.126 e. The molecule has 0 aliphatic heterocycles. The summed E-state index contributed by atoms with van der Waals surface area (Å²) in [5, 5.41) is 10.8. The maximum atomic E-state index is 13.4. The van der Waals surface area contributed by atoms with Gasteiger partial charge in [-0.05, 0) is 42.8 Å². The van der Waals surface area contributed by atoms with Gasteiger partial charge in [-0.3, -0.25) is 0 Å². The zero-order valence-corrected chi connectivity index (χ0v) is 12.0. The highest BCUT2D eigenvalue weighted by atomic mass is 19.1. The smallest absolute Gasteiger partial charge is 0.126 e. The van der Waals surface area contributed by atoms with E-state index in [1.165, 1.54) is 21.1 Å². The first-order valence-electron chi connectivity index (χ1n) is 6.30. The molecule has 0 amide bonds. The molecule has 1 atom stereocenters. The third-order valence-electron chi connectivity index (χ3n) is 3.36. The Labute approximate surface area is 121 Å². The lowest BCUT2D eigenvalue weighted by Crippen LogP contribution is -2.24. The molecule has 2 aromatic carbocycles. The topological polar surface area (TPSA) is 38.7 Å². The van der Waals surface area contributed by atoms with Gasteiger partial charge in [0.25, 0.3) is 0 Å². The van der Waals surface area contributed by atoms with Gasteiger partial charge in [-0.1, -0.05) is 0 Å². The van der Waals surface area contributed by atoms with E-state index in [4.69, 9.17) is 9.47 Å². The van der Waals surface area contributed by atoms with Crippen molar-refractivity contribution < 1.29 is 23.4 Å². The number of methoxy groups -OCH3 is 2. The van der Waals surface area contributed by atoms with E-state index >= 15 is 0 Å². The number of halogens is 2. The number of hydrogen-bond donors (Lipinski definition) is 1. The SMILES string of the molecule is COc1ccc(OC)c(C(C)(O)c2cc(F)cc(F)c2)c1. The minimum atomic E-state index is -1.64. The summed E-state index contributed by atoms with van der Waals surface area (Å²) in [7, 11) is 2.94. The van der Waals surface area contributed by atoms with Crippen LogP contribution in [-0.2, 0) is 5.60 Å².